The monoisotopic (exact) mass is 315 g/mol. The zero-order valence-electron chi connectivity index (χ0n) is 11.0. The number of aromatic nitrogens is 6. The van der Waals surface area contributed by atoms with E-state index in [1.54, 1.807) is 6.92 Å². The molecular formula is C9H13N7O4S. The highest BCUT2D eigenvalue weighted by atomic mass is 32.2. The fourth-order valence-electron chi connectivity index (χ4n) is 1.52. The van der Waals surface area contributed by atoms with Gasteiger partial charge in [0.25, 0.3) is 0 Å². The predicted molar refractivity (Wildman–Crippen MR) is 67.4 cm³/mol. The standard InChI is InChI=1S/C9H13N7O4S/c1-6(9-11-14-15-12-9)13-21(19,20)7-4-10-16(5-7)3-2-8(17)18/h4-6,13H,2-3H2,1H3,(H,17,18)(H,11,12,14,15). The van der Waals surface area contributed by atoms with Crippen molar-refractivity contribution >= 4 is 16.0 Å². The van der Waals surface area contributed by atoms with Crippen LogP contribution in [-0.4, -0.2) is 49.9 Å². The summed E-state index contributed by atoms with van der Waals surface area (Å²) in [6.45, 7) is 1.66. The Morgan fingerprint density at radius 1 is 1.57 bits per heavy atom. The van der Waals surface area contributed by atoms with Gasteiger partial charge in [0.05, 0.1) is 25.2 Å². The molecule has 3 N–H and O–H groups in total. The van der Waals surface area contributed by atoms with E-state index in [9.17, 15) is 13.2 Å². The molecule has 0 aliphatic carbocycles. The first-order chi connectivity index (χ1) is 9.88. The second-order valence-corrected chi connectivity index (χ2v) is 5.91. The maximum Gasteiger partial charge on any atom is 0.305 e. The number of carbonyl (C=O) groups is 1. The molecular weight excluding hydrogens is 302 g/mol. The quantitative estimate of drug-likeness (QED) is 0.582. The Balaban J connectivity index is 2.07. The highest BCUT2D eigenvalue weighted by Gasteiger charge is 2.22. The minimum absolute atomic E-state index is 0.0665. The number of aromatic amines is 1. The van der Waals surface area contributed by atoms with Gasteiger partial charge in [-0.2, -0.15) is 10.3 Å². The molecule has 11 nitrogen and oxygen atoms in total. The van der Waals surface area contributed by atoms with Crippen molar-refractivity contribution in [2.75, 3.05) is 0 Å². The zero-order chi connectivity index (χ0) is 15.5. The first-order valence-electron chi connectivity index (χ1n) is 5.88. The molecule has 0 bridgehead atoms. The molecule has 2 aromatic heterocycles. The molecule has 0 aliphatic heterocycles. The van der Waals surface area contributed by atoms with E-state index in [0.29, 0.717) is 0 Å². The second-order valence-electron chi connectivity index (χ2n) is 4.20. The molecule has 0 radical (unpaired) electrons. The molecule has 2 heterocycles. The van der Waals surface area contributed by atoms with Gasteiger partial charge in [-0.25, -0.2) is 13.1 Å². The summed E-state index contributed by atoms with van der Waals surface area (Å²) in [5, 5.41) is 25.3. The number of carboxylic acids is 1. The van der Waals surface area contributed by atoms with Gasteiger partial charge in [0.2, 0.25) is 10.0 Å². The number of sulfonamides is 1. The fourth-order valence-corrected chi connectivity index (χ4v) is 2.68. The topological polar surface area (TPSA) is 156 Å². The molecule has 114 valence electrons. The molecule has 2 rings (SSSR count). The molecule has 0 amide bonds. The van der Waals surface area contributed by atoms with Crippen LogP contribution < -0.4 is 4.72 Å². The van der Waals surface area contributed by atoms with Crippen LogP contribution in [0, 0.1) is 0 Å². The number of aryl methyl sites for hydroxylation is 1. The number of nitrogens with zero attached hydrogens (tertiary/aromatic N) is 5. The van der Waals surface area contributed by atoms with Crippen LogP contribution in [0.3, 0.4) is 0 Å². The number of hydrogen-bond donors (Lipinski definition) is 3. The predicted octanol–water partition coefficient (Wildman–Crippen LogP) is -1.09. The Hall–Kier alpha value is -2.34. The fraction of sp³-hybridized carbons (Fsp3) is 0.444. The van der Waals surface area contributed by atoms with E-state index in [1.807, 2.05) is 0 Å². The Labute approximate surface area is 119 Å². The summed E-state index contributed by atoms with van der Waals surface area (Å²) in [4.78, 5) is 10.4. The highest BCUT2D eigenvalue weighted by Crippen LogP contribution is 2.12. The van der Waals surface area contributed by atoms with Gasteiger partial charge < -0.3 is 5.11 Å². The third-order valence-electron chi connectivity index (χ3n) is 2.56. The Morgan fingerprint density at radius 3 is 2.95 bits per heavy atom. The van der Waals surface area contributed by atoms with E-state index < -0.39 is 22.0 Å². The van der Waals surface area contributed by atoms with Crippen LogP contribution in [0.5, 0.6) is 0 Å². The van der Waals surface area contributed by atoms with Crippen LogP contribution in [-0.2, 0) is 21.4 Å². The average molecular weight is 315 g/mol. The number of aliphatic carboxylic acids is 1. The SMILES string of the molecule is CC(NS(=O)(=O)c1cnn(CCC(=O)O)c1)c1nn[nH]n1. The van der Waals surface area contributed by atoms with Crippen LogP contribution in [0.1, 0.15) is 25.2 Å². The van der Waals surface area contributed by atoms with Crippen LogP contribution in [0.2, 0.25) is 0 Å². The Kier molecular flexibility index (Phi) is 4.28. The van der Waals surface area contributed by atoms with Crippen molar-refractivity contribution < 1.29 is 18.3 Å². The van der Waals surface area contributed by atoms with Gasteiger partial charge in [-0.1, -0.05) is 5.21 Å². The maximum absolute atomic E-state index is 12.1. The van der Waals surface area contributed by atoms with E-state index in [4.69, 9.17) is 5.11 Å². The summed E-state index contributed by atoms with van der Waals surface area (Å²) in [6, 6.07) is -0.670. The van der Waals surface area contributed by atoms with Crippen molar-refractivity contribution in [3.05, 3.63) is 18.2 Å². The summed E-state index contributed by atoms with van der Waals surface area (Å²) >= 11 is 0. The lowest BCUT2D eigenvalue weighted by Crippen LogP contribution is -2.27. The van der Waals surface area contributed by atoms with Crippen molar-refractivity contribution in [1.29, 1.82) is 0 Å². The molecule has 1 unspecified atom stereocenters. The van der Waals surface area contributed by atoms with E-state index in [1.165, 1.54) is 10.9 Å². The van der Waals surface area contributed by atoms with Gasteiger partial charge in [-0.05, 0) is 6.92 Å². The second kappa shape index (κ2) is 5.97. The molecule has 21 heavy (non-hydrogen) atoms. The van der Waals surface area contributed by atoms with Gasteiger partial charge in [-0.15, -0.1) is 10.2 Å². The molecule has 0 spiro atoms. The lowest BCUT2D eigenvalue weighted by atomic mass is 10.4. The molecule has 0 saturated heterocycles. The normalized spacial score (nSPS) is 13.2. The molecule has 0 aliphatic rings. The highest BCUT2D eigenvalue weighted by molar-refractivity contribution is 7.89. The number of tetrazole rings is 1. The molecule has 1 atom stereocenters. The molecule has 0 aromatic carbocycles. The van der Waals surface area contributed by atoms with Gasteiger partial charge in [-0.3, -0.25) is 9.48 Å². The molecule has 0 saturated carbocycles. The summed E-state index contributed by atoms with van der Waals surface area (Å²) in [6.07, 6.45) is 2.26. The molecule has 2 aromatic rings. The van der Waals surface area contributed by atoms with Gasteiger partial charge in [0, 0.05) is 6.20 Å². The number of H-pyrrole nitrogens is 1. The summed E-state index contributed by atoms with van der Waals surface area (Å²) < 4.78 is 27.9. The number of rotatable bonds is 7. The van der Waals surface area contributed by atoms with E-state index in [0.717, 1.165) is 6.20 Å². The number of carboxylic acid groups (broad SMARTS) is 1. The third kappa shape index (κ3) is 3.82. The Morgan fingerprint density at radius 2 is 2.33 bits per heavy atom. The number of nitrogens with one attached hydrogen (secondary N) is 2. The summed E-state index contributed by atoms with van der Waals surface area (Å²) in [5.74, 6) is -0.782. The molecule has 12 heteroatoms. The minimum Gasteiger partial charge on any atom is -0.481 e. The maximum atomic E-state index is 12.1. The van der Waals surface area contributed by atoms with Crippen molar-refractivity contribution in [3.8, 4) is 0 Å². The van der Waals surface area contributed by atoms with E-state index in [2.05, 4.69) is 30.4 Å². The largest absolute Gasteiger partial charge is 0.481 e. The minimum atomic E-state index is -3.81. The van der Waals surface area contributed by atoms with Gasteiger partial charge in [0.1, 0.15) is 4.90 Å². The Bertz CT molecular complexity index is 708. The van der Waals surface area contributed by atoms with Crippen LogP contribution >= 0.6 is 0 Å². The number of hydrogen-bond acceptors (Lipinski definition) is 7. The summed E-state index contributed by atoms with van der Waals surface area (Å²) in [5.41, 5.74) is 0. The lowest BCUT2D eigenvalue weighted by Gasteiger charge is -2.08. The average Bonchev–Trinajstić information content (AvgIpc) is 3.07. The van der Waals surface area contributed by atoms with E-state index >= 15 is 0 Å². The van der Waals surface area contributed by atoms with Crippen LogP contribution in [0.15, 0.2) is 17.3 Å². The van der Waals surface area contributed by atoms with Crippen molar-refractivity contribution in [2.24, 2.45) is 0 Å². The zero-order valence-corrected chi connectivity index (χ0v) is 11.8. The van der Waals surface area contributed by atoms with Crippen LogP contribution in [0.4, 0.5) is 0 Å². The van der Waals surface area contributed by atoms with Crippen molar-refractivity contribution in [1.82, 2.24) is 35.1 Å². The third-order valence-corrected chi connectivity index (χ3v) is 4.05. The lowest BCUT2D eigenvalue weighted by molar-refractivity contribution is -0.137. The first-order valence-corrected chi connectivity index (χ1v) is 7.37. The van der Waals surface area contributed by atoms with Gasteiger partial charge in [0.15, 0.2) is 5.82 Å². The van der Waals surface area contributed by atoms with Gasteiger partial charge >= 0.3 is 5.97 Å². The van der Waals surface area contributed by atoms with Crippen molar-refractivity contribution in [2.45, 2.75) is 30.8 Å². The van der Waals surface area contributed by atoms with Crippen LogP contribution in [0.25, 0.3) is 0 Å². The molecule has 0 fully saturated rings. The smallest absolute Gasteiger partial charge is 0.305 e. The van der Waals surface area contributed by atoms with Crippen molar-refractivity contribution in [3.63, 3.8) is 0 Å². The van der Waals surface area contributed by atoms with E-state index in [-0.39, 0.29) is 23.7 Å². The first kappa shape index (κ1) is 15.1. The summed E-state index contributed by atoms with van der Waals surface area (Å²) in [7, 11) is -3.81.